The van der Waals surface area contributed by atoms with Gasteiger partial charge < -0.3 is 25.4 Å². The maximum absolute atomic E-state index is 11.2. The van der Waals surface area contributed by atoms with Gasteiger partial charge in [-0.15, -0.1) is 0 Å². The molecule has 7 heteroatoms. The number of aliphatic hydroxyl groups excluding tert-OH is 3. The van der Waals surface area contributed by atoms with Crippen molar-refractivity contribution < 1.29 is 29.6 Å². The molecule has 1 rings (SSSR count). The first-order valence-electron chi connectivity index (χ1n) is 4.42. The van der Waals surface area contributed by atoms with Crippen LogP contribution in [0.5, 0.6) is 0 Å². The number of carbonyl (C=O) groups is 2. The summed E-state index contributed by atoms with van der Waals surface area (Å²) >= 11 is 0. The van der Waals surface area contributed by atoms with Gasteiger partial charge in [0.1, 0.15) is 12.2 Å². The van der Waals surface area contributed by atoms with Crippen LogP contribution in [0.4, 0.5) is 0 Å². The van der Waals surface area contributed by atoms with Crippen LogP contribution in [0.25, 0.3) is 0 Å². The number of carbonyl (C=O) groups excluding carboxylic acids is 2. The number of esters is 1. The second kappa shape index (κ2) is 4.56. The summed E-state index contributed by atoms with van der Waals surface area (Å²) in [4.78, 5) is 21.9. The number of hydrogen-bond acceptors (Lipinski definition) is 6. The van der Waals surface area contributed by atoms with Gasteiger partial charge >= 0.3 is 5.97 Å². The molecule has 1 aliphatic heterocycles. The molecule has 1 fully saturated rings. The fourth-order valence-electron chi connectivity index (χ4n) is 1.36. The van der Waals surface area contributed by atoms with Gasteiger partial charge in [-0.25, -0.2) is 4.79 Å². The molecular weight excluding hydrogens is 206 g/mol. The highest BCUT2D eigenvalue weighted by molar-refractivity contribution is 5.84. The molecule has 0 aromatic rings. The molecule has 0 bridgehead atoms. The zero-order chi connectivity index (χ0) is 11.6. The molecule has 0 saturated carbocycles. The molecule has 0 aromatic heterocycles. The average molecular weight is 219 g/mol. The van der Waals surface area contributed by atoms with Crippen LogP contribution in [0.3, 0.4) is 0 Å². The number of ether oxygens (including phenoxy) is 1. The van der Waals surface area contributed by atoms with Crippen LogP contribution in [-0.4, -0.2) is 58.2 Å². The molecule has 1 saturated heterocycles. The predicted octanol–water partition coefficient (Wildman–Crippen LogP) is -2.87. The van der Waals surface area contributed by atoms with Crippen LogP contribution >= 0.6 is 0 Å². The predicted molar refractivity (Wildman–Crippen MR) is 46.6 cm³/mol. The van der Waals surface area contributed by atoms with Crippen molar-refractivity contribution in [1.29, 1.82) is 0 Å². The van der Waals surface area contributed by atoms with E-state index >= 15 is 0 Å². The third kappa shape index (κ3) is 2.44. The fraction of sp³-hybridized carbons (Fsp3) is 0.750. The standard InChI is InChI=1S/C8H13NO6/c1-3(11)9-5-7(13)6(12)4(2-10)15-8(5)14/h4-7,10,12-13H,2H2,1H3,(H,9,11)/t4-,5-,6+,7+/m0/s1. The SMILES string of the molecule is CC(=O)N[C@@H]1C(=O)O[C@@H](CO)[C@@H](O)[C@@H]1O. The van der Waals surface area contributed by atoms with E-state index < -0.39 is 42.8 Å². The van der Waals surface area contributed by atoms with E-state index in [4.69, 9.17) is 5.11 Å². The Kier molecular flexibility index (Phi) is 3.61. The zero-order valence-corrected chi connectivity index (χ0v) is 8.08. The van der Waals surface area contributed by atoms with Crippen LogP contribution in [0.1, 0.15) is 6.92 Å². The normalized spacial score (nSPS) is 35.9. The third-order valence-corrected chi connectivity index (χ3v) is 2.13. The van der Waals surface area contributed by atoms with Crippen molar-refractivity contribution in [2.24, 2.45) is 0 Å². The highest BCUT2D eigenvalue weighted by Crippen LogP contribution is 2.16. The molecule has 0 aromatic carbocycles. The Balaban J connectivity index is 2.74. The molecule has 4 N–H and O–H groups in total. The number of rotatable bonds is 2. The first kappa shape index (κ1) is 11.9. The Morgan fingerprint density at radius 3 is 2.53 bits per heavy atom. The highest BCUT2D eigenvalue weighted by atomic mass is 16.6. The summed E-state index contributed by atoms with van der Waals surface area (Å²) in [5, 5.41) is 29.8. The van der Waals surface area contributed by atoms with E-state index in [9.17, 15) is 19.8 Å². The van der Waals surface area contributed by atoms with E-state index in [1.165, 1.54) is 6.92 Å². The van der Waals surface area contributed by atoms with E-state index in [1.807, 2.05) is 0 Å². The van der Waals surface area contributed by atoms with Crippen LogP contribution in [-0.2, 0) is 14.3 Å². The second-order valence-corrected chi connectivity index (χ2v) is 3.32. The lowest BCUT2D eigenvalue weighted by Gasteiger charge is -2.35. The zero-order valence-electron chi connectivity index (χ0n) is 8.08. The Labute approximate surface area is 85.7 Å². The van der Waals surface area contributed by atoms with Crippen molar-refractivity contribution in [3.8, 4) is 0 Å². The first-order chi connectivity index (χ1) is 6.97. The summed E-state index contributed by atoms with van der Waals surface area (Å²) < 4.78 is 4.62. The topological polar surface area (TPSA) is 116 Å². The number of nitrogens with one attached hydrogen (secondary N) is 1. The van der Waals surface area contributed by atoms with Crippen LogP contribution in [0.2, 0.25) is 0 Å². The van der Waals surface area contributed by atoms with Crippen molar-refractivity contribution in [2.45, 2.75) is 31.3 Å². The first-order valence-corrected chi connectivity index (χ1v) is 4.42. The molecule has 0 radical (unpaired) electrons. The van der Waals surface area contributed by atoms with Gasteiger partial charge in [0.25, 0.3) is 0 Å². The number of aliphatic hydroxyl groups is 3. The summed E-state index contributed by atoms with van der Waals surface area (Å²) in [5.41, 5.74) is 0. The number of amides is 1. The minimum Gasteiger partial charge on any atom is -0.455 e. The third-order valence-electron chi connectivity index (χ3n) is 2.13. The van der Waals surface area contributed by atoms with Crippen LogP contribution in [0.15, 0.2) is 0 Å². The van der Waals surface area contributed by atoms with Crippen LogP contribution < -0.4 is 5.32 Å². The van der Waals surface area contributed by atoms with Gasteiger partial charge in [0.05, 0.1) is 6.61 Å². The average Bonchev–Trinajstić information content (AvgIpc) is 2.18. The highest BCUT2D eigenvalue weighted by Gasteiger charge is 2.44. The maximum Gasteiger partial charge on any atom is 0.331 e. The minimum atomic E-state index is -1.48. The lowest BCUT2D eigenvalue weighted by atomic mass is 9.98. The molecule has 4 atom stereocenters. The lowest BCUT2D eigenvalue weighted by molar-refractivity contribution is -0.189. The van der Waals surface area contributed by atoms with Crippen molar-refractivity contribution in [1.82, 2.24) is 5.32 Å². The van der Waals surface area contributed by atoms with E-state index in [-0.39, 0.29) is 0 Å². The van der Waals surface area contributed by atoms with Crippen molar-refractivity contribution in [3.05, 3.63) is 0 Å². The number of hydrogen-bond donors (Lipinski definition) is 4. The second-order valence-electron chi connectivity index (χ2n) is 3.32. The summed E-state index contributed by atoms with van der Waals surface area (Å²) in [6, 6.07) is -1.29. The van der Waals surface area contributed by atoms with Gasteiger partial charge in [-0.1, -0.05) is 0 Å². The van der Waals surface area contributed by atoms with Crippen molar-refractivity contribution in [3.63, 3.8) is 0 Å². The minimum absolute atomic E-state index is 0.523. The van der Waals surface area contributed by atoms with E-state index in [1.54, 1.807) is 0 Å². The van der Waals surface area contributed by atoms with Gasteiger partial charge in [0.2, 0.25) is 5.91 Å². The molecule has 0 aliphatic carbocycles. The number of cyclic esters (lactones) is 1. The van der Waals surface area contributed by atoms with E-state index in [0.717, 1.165) is 0 Å². The molecule has 15 heavy (non-hydrogen) atoms. The van der Waals surface area contributed by atoms with E-state index in [2.05, 4.69) is 10.1 Å². The Morgan fingerprint density at radius 2 is 2.07 bits per heavy atom. The smallest absolute Gasteiger partial charge is 0.331 e. The Bertz CT molecular complexity index is 268. The molecular formula is C8H13NO6. The molecule has 0 spiro atoms. The monoisotopic (exact) mass is 219 g/mol. The molecule has 86 valence electrons. The van der Waals surface area contributed by atoms with Gasteiger partial charge in [-0.3, -0.25) is 4.79 Å². The molecule has 7 nitrogen and oxygen atoms in total. The van der Waals surface area contributed by atoms with E-state index in [0.29, 0.717) is 0 Å². The quantitative estimate of drug-likeness (QED) is 0.371. The van der Waals surface area contributed by atoms with Crippen molar-refractivity contribution in [2.75, 3.05) is 6.61 Å². The summed E-state index contributed by atoms with van der Waals surface area (Å²) in [7, 11) is 0. The lowest BCUT2D eigenvalue weighted by Crippen LogP contribution is -2.62. The van der Waals surface area contributed by atoms with Gasteiger partial charge in [0.15, 0.2) is 12.1 Å². The Hall–Kier alpha value is -1.18. The van der Waals surface area contributed by atoms with Crippen LogP contribution in [0, 0.1) is 0 Å². The van der Waals surface area contributed by atoms with Crippen molar-refractivity contribution >= 4 is 11.9 Å². The fourth-order valence-corrected chi connectivity index (χ4v) is 1.36. The molecule has 1 aliphatic rings. The Morgan fingerprint density at radius 1 is 1.47 bits per heavy atom. The largest absolute Gasteiger partial charge is 0.455 e. The van der Waals surface area contributed by atoms with Gasteiger partial charge in [-0.05, 0) is 0 Å². The summed E-state index contributed by atoms with van der Waals surface area (Å²) in [6.45, 7) is 0.585. The molecule has 1 heterocycles. The summed E-state index contributed by atoms with van der Waals surface area (Å²) in [6.07, 6.45) is -4.05. The van der Waals surface area contributed by atoms with Gasteiger partial charge in [-0.2, -0.15) is 0 Å². The maximum atomic E-state index is 11.2. The summed E-state index contributed by atoms with van der Waals surface area (Å²) in [5.74, 6) is -1.40. The van der Waals surface area contributed by atoms with Gasteiger partial charge in [0, 0.05) is 6.92 Å². The molecule has 1 amide bonds. The molecule has 0 unspecified atom stereocenters.